The molecule has 0 heterocycles. The number of hydrogen-bond donors (Lipinski definition) is 1. The Morgan fingerprint density at radius 2 is 1.39 bits per heavy atom. The molecule has 0 aromatic heterocycles. The molecule has 0 atom stereocenters. The largest absolute Gasteiger partial charge is 0.374 e. The van der Waals surface area contributed by atoms with Gasteiger partial charge in [-0.3, -0.25) is 4.79 Å². The molecule has 0 aromatic carbocycles. The third-order valence-corrected chi connectivity index (χ3v) is 8.02. The van der Waals surface area contributed by atoms with Crippen molar-refractivity contribution in [1.29, 1.82) is 0 Å². The summed E-state index contributed by atoms with van der Waals surface area (Å²) in [7, 11) is 0. The molecule has 0 rings (SSSR count). The maximum Gasteiger partial charge on any atom is 0.222 e. The number of nitrogens with one attached hydrogen (secondary N) is 1. The normalized spacial score (nSPS) is 11.5. The van der Waals surface area contributed by atoms with Crippen molar-refractivity contribution in [3.8, 4) is 0 Å². The van der Waals surface area contributed by atoms with Crippen molar-refractivity contribution in [2.45, 2.75) is 138 Å². The molecule has 0 spiro atoms. The van der Waals surface area contributed by atoms with Crippen LogP contribution in [0.1, 0.15) is 128 Å². The van der Waals surface area contributed by atoms with E-state index >= 15 is 0 Å². The first-order chi connectivity index (χ1) is 14.7. The van der Waals surface area contributed by atoms with Crippen LogP contribution in [0.2, 0.25) is 0 Å². The summed E-state index contributed by atoms with van der Waals surface area (Å²) in [6, 6.07) is 0. The topological polar surface area (TPSA) is 38.3 Å². The Hall–Kier alpha value is -0.220. The Morgan fingerprint density at radius 3 is 1.77 bits per heavy atom. The lowest BCUT2D eigenvalue weighted by Crippen LogP contribution is -2.40. The van der Waals surface area contributed by atoms with Crippen molar-refractivity contribution in [1.82, 2.24) is 5.32 Å². The molecule has 0 bridgehead atoms. The maximum absolute atomic E-state index is 12.4. The summed E-state index contributed by atoms with van der Waals surface area (Å²) in [6.07, 6.45) is 6.67. The van der Waals surface area contributed by atoms with Crippen LogP contribution in [0.3, 0.4) is 0 Å². The van der Waals surface area contributed by atoms with Gasteiger partial charge in [-0.05, 0) is 56.1 Å². The minimum atomic E-state index is -0.322. The number of amides is 1. The number of rotatable bonds is 16. The van der Waals surface area contributed by atoms with E-state index in [9.17, 15) is 4.79 Å². The summed E-state index contributed by atoms with van der Waals surface area (Å²) >= 11 is 2.11. The smallest absolute Gasteiger partial charge is 0.222 e. The van der Waals surface area contributed by atoms with Gasteiger partial charge < -0.3 is 10.1 Å². The van der Waals surface area contributed by atoms with Crippen LogP contribution in [-0.4, -0.2) is 35.2 Å². The highest BCUT2D eigenvalue weighted by molar-refractivity contribution is 8.00. The molecule has 0 saturated carbocycles. The molecule has 1 amide bonds. The molecule has 0 saturated heterocycles. The van der Waals surface area contributed by atoms with Gasteiger partial charge in [-0.15, -0.1) is 0 Å². The SMILES string of the molecule is CC.CC.CCC(CC)(CC(=O)NCCC(C)C)OCCC(CC)(CC)SCC(C)C. The summed E-state index contributed by atoms with van der Waals surface area (Å²) in [4.78, 5) is 12.4. The summed E-state index contributed by atoms with van der Waals surface area (Å²) in [6.45, 7) is 27.3. The predicted octanol–water partition coefficient (Wildman–Crippen LogP) is 8.50. The van der Waals surface area contributed by atoms with Crippen molar-refractivity contribution < 1.29 is 9.53 Å². The molecule has 0 aromatic rings. The van der Waals surface area contributed by atoms with Gasteiger partial charge in [0.2, 0.25) is 5.91 Å². The summed E-state index contributed by atoms with van der Waals surface area (Å²) < 4.78 is 6.72. The molecule has 3 nitrogen and oxygen atoms in total. The molecular formula is C27H59NO2S. The van der Waals surface area contributed by atoms with E-state index in [2.05, 4.69) is 72.5 Å². The van der Waals surface area contributed by atoms with Crippen LogP contribution < -0.4 is 5.32 Å². The third-order valence-electron chi connectivity index (χ3n) is 5.79. The van der Waals surface area contributed by atoms with E-state index in [4.69, 9.17) is 4.74 Å². The first-order valence-electron chi connectivity index (χ1n) is 13.2. The second-order valence-corrected chi connectivity index (χ2v) is 10.3. The molecule has 0 aliphatic heterocycles. The van der Waals surface area contributed by atoms with E-state index in [-0.39, 0.29) is 11.5 Å². The zero-order chi connectivity index (χ0) is 24.9. The fourth-order valence-corrected chi connectivity index (χ4v) is 4.61. The quantitative estimate of drug-likeness (QED) is 0.250. The van der Waals surface area contributed by atoms with Crippen molar-refractivity contribution >= 4 is 17.7 Å². The Morgan fingerprint density at radius 1 is 0.871 bits per heavy atom. The van der Waals surface area contributed by atoms with E-state index < -0.39 is 0 Å². The Labute approximate surface area is 201 Å². The lowest BCUT2D eigenvalue weighted by Gasteiger charge is -2.36. The van der Waals surface area contributed by atoms with E-state index in [0.29, 0.717) is 23.0 Å². The highest BCUT2D eigenvalue weighted by Gasteiger charge is 2.32. The molecule has 1 N–H and O–H groups in total. The molecule has 4 heteroatoms. The minimum absolute atomic E-state index is 0.130. The lowest BCUT2D eigenvalue weighted by atomic mass is 9.92. The van der Waals surface area contributed by atoms with Crippen molar-refractivity contribution in [3.05, 3.63) is 0 Å². The zero-order valence-electron chi connectivity index (χ0n) is 23.5. The van der Waals surface area contributed by atoms with Gasteiger partial charge in [-0.1, -0.05) is 83.1 Å². The molecule has 0 aliphatic rings. The van der Waals surface area contributed by atoms with E-state index in [1.54, 1.807) is 0 Å². The van der Waals surface area contributed by atoms with Crippen LogP contribution in [-0.2, 0) is 9.53 Å². The second-order valence-electron chi connectivity index (χ2n) is 8.79. The van der Waals surface area contributed by atoms with E-state index in [1.165, 1.54) is 18.6 Å². The number of thioether (sulfide) groups is 1. The van der Waals surface area contributed by atoms with Crippen LogP contribution >= 0.6 is 11.8 Å². The minimum Gasteiger partial charge on any atom is -0.374 e. The van der Waals surface area contributed by atoms with Gasteiger partial charge in [0.1, 0.15) is 0 Å². The maximum atomic E-state index is 12.4. The van der Waals surface area contributed by atoms with Crippen molar-refractivity contribution in [3.63, 3.8) is 0 Å². The van der Waals surface area contributed by atoms with Crippen LogP contribution in [0.5, 0.6) is 0 Å². The standard InChI is InChI=1S/C23H47NO2S.2C2H6/c1-9-22(10-2,17-21(25)24-15-13-19(5)6)26-16-14-23(11-3,12-4)27-18-20(7)8;2*1-2/h19-20H,9-18H2,1-8H3,(H,24,25);2*1-2H3. The van der Waals surface area contributed by atoms with Gasteiger partial charge in [0, 0.05) is 17.9 Å². The predicted molar refractivity (Wildman–Crippen MR) is 144 cm³/mol. The molecule has 0 aliphatic carbocycles. The average Bonchev–Trinajstić information content (AvgIpc) is 2.78. The number of carbonyl (C=O) groups excluding carboxylic acids is 1. The van der Waals surface area contributed by atoms with E-state index in [1.807, 2.05) is 27.7 Å². The molecule has 0 fully saturated rings. The number of ether oxygens (including phenoxy) is 1. The van der Waals surface area contributed by atoms with Crippen molar-refractivity contribution in [2.24, 2.45) is 11.8 Å². The molecule has 0 unspecified atom stereocenters. The molecule has 190 valence electrons. The number of hydrogen-bond acceptors (Lipinski definition) is 3. The first-order valence-corrected chi connectivity index (χ1v) is 14.2. The Balaban J connectivity index is -0.00000184. The summed E-state index contributed by atoms with van der Waals surface area (Å²) in [5.74, 6) is 2.66. The Kier molecular flexibility index (Phi) is 24.7. The van der Waals surface area contributed by atoms with Gasteiger partial charge in [-0.25, -0.2) is 0 Å². The van der Waals surface area contributed by atoms with Crippen LogP contribution in [0.15, 0.2) is 0 Å². The first kappa shape index (κ1) is 35.4. The van der Waals surface area contributed by atoms with Gasteiger partial charge >= 0.3 is 0 Å². The van der Waals surface area contributed by atoms with E-state index in [0.717, 1.165) is 38.8 Å². The number of carbonyl (C=O) groups is 1. The molecule has 0 radical (unpaired) electrons. The van der Waals surface area contributed by atoms with Gasteiger partial charge in [0.05, 0.1) is 12.0 Å². The average molecular weight is 462 g/mol. The highest BCUT2D eigenvalue weighted by atomic mass is 32.2. The second kappa shape index (κ2) is 21.6. The van der Waals surface area contributed by atoms with Crippen molar-refractivity contribution in [2.75, 3.05) is 18.9 Å². The summed E-state index contributed by atoms with van der Waals surface area (Å²) in [5.41, 5.74) is -0.322. The monoisotopic (exact) mass is 461 g/mol. The fourth-order valence-electron chi connectivity index (χ4n) is 3.29. The van der Waals surface area contributed by atoms with Crippen LogP contribution in [0.4, 0.5) is 0 Å². The zero-order valence-corrected chi connectivity index (χ0v) is 24.3. The van der Waals surface area contributed by atoms with Gasteiger partial charge in [0.25, 0.3) is 0 Å². The summed E-state index contributed by atoms with van der Waals surface area (Å²) in [5, 5.41) is 3.08. The molecule has 31 heavy (non-hydrogen) atoms. The van der Waals surface area contributed by atoms with Crippen LogP contribution in [0.25, 0.3) is 0 Å². The van der Waals surface area contributed by atoms with Gasteiger partial charge in [0.15, 0.2) is 0 Å². The third kappa shape index (κ3) is 17.0. The van der Waals surface area contributed by atoms with Gasteiger partial charge in [-0.2, -0.15) is 11.8 Å². The Bertz CT molecular complexity index is 389. The molecular weight excluding hydrogens is 402 g/mol. The highest BCUT2D eigenvalue weighted by Crippen LogP contribution is 2.38. The fraction of sp³-hybridized carbons (Fsp3) is 0.963. The van der Waals surface area contributed by atoms with Crippen LogP contribution in [0, 0.1) is 11.8 Å². The lowest BCUT2D eigenvalue weighted by molar-refractivity contribution is -0.130.